The summed E-state index contributed by atoms with van der Waals surface area (Å²) < 4.78 is 30.4. The van der Waals surface area contributed by atoms with Crippen LogP contribution in [0.15, 0.2) is 41.1 Å². The van der Waals surface area contributed by atoms with Crippen LogP contribution in [0.2, 0.25) is 5.02 Å². The van der Waals surface area contributed by atoms with E-state index in [0.717, 1.165) is 18.4 Å². The highest BCUT2D eigenvalue weighted by molar-refractivity contribution is 6.35. The van der Waals surface area contributed by atoms with E-state index in [-0.39, 0.29) is 18.6 Å². The predicted octanol–water partition coefficient (Wildman–Crippen LogP) is 6.31. The van der Waals surface area contributed by atoms with Crippen molar-refractivity contribution in [2.24, 2.45) is 0 Å². The largest absolute Gasteiger partial charge is 0.488 e. The van der Waals surface area contributed by atoms with E-state index in [1.165, 1.54) is 6.07 Å². The molecule has 6 nitrogen and oxygen atoms in total. The van der Waals surface area contributed by atoms with Crippen LogP contribution in [0.4, 0.5) is 9.18 Å². The molecule has 1 aromatic carbocycles. The second-order valence-electron chi connectivity index (χ2n) is 8.94. The molecule has 3 aromatic rings. The van der Waals surface area contributed by atoms with Crippen LogP contribution >= 0.6 is 11.6 Å². The van der Waals surface area contributed by atoms with Crippen molar-refractivity contribution in [3.63, 3.8) is 0 Å². The molecule has 0 unspecified atom stereocenters. The molecule has 8 heteroatoms. The molecule has 170 valence electrons. The van der Waals surface area contributed by atoms with E-state index < -0.39 is 11.6 Å². The van der Waals surface area contributed by atoms with Crippen LogP contribution in [0.3, 0.4) is 0 Å². The Labute approximate surface area is 191 Å². The molecule has 1 amide bonds. The summed E-state index contributed by atoms with van der Waals surface area (Å²) in [6.45, 7) is 7.01. The van der Waals surface area contributed by atoms with Crippen molar-refractivity contribution in [3.8, 4) is 5.75 Å². The molecule has 0 atom stereocenters. The molecular formula is C24H26ClFN2O4. The third-order valence-corrected chi connectivity index (χ3v) is 5.79. The van der Waals surface area contributed by atoms with Crippen LogP contribution in [0.5, 0.6) is 5.75 Å². The second-order valence-corrected chi connectivity index (χ2v) is 9.35. The third-order valence-electron chi connectivity index (χ3n) is 5.46. The van der Waals surface area contributed by atoms with Gasteiger partial charge in [0, 0.05) is 48.1 Å². The van der Waals surface area contributed by atoms with Gasteiger partial charge in [0.2, 0.25) is 0 Å². The molecule has 1 fully saturated rings. The van der Waals surface area contributed by atoms with Gasteiger partial charge in [-0.25, -0.2) is 4.79 Å². The molecule has 32 heavy (non-hydrogen) atoms. The van der Waals surface area contributed by atoms with Gasteiger partial charge in [-0.2, -0.15) is 4.39 Å². The van der Waals surface area contributed by atoms with Crippen molar-refractivity contribution < 1.29 is 23.1 Å². The molecule has 0 radical (unpaired) electrons. The van der Waals surface area contributed by atoms with Gasteiger partial charge in [0.05, 0.1) is 5.02 Å². The van der Waals surface area contributed by atoms with Gasteiger partial charge in [-0.05, 0) is 51.7 Å². The summed E-state index contributed by atoms with van der Waals surface area (Å²) in [5, 5.41) is 0.951. The van der Waals surface area contributed by atoms with E-state index in [4.69, 9.17) is 25.5 Å². The van der Waals surface area contributed by atoms with Crippen LogP contribution in [0.1, 0.15) is 50.7 Å². The maximum Gasteiger partial charge on any atom is 0.410 e. The Balaban J connectivity index is 1.44. The summed E-state index contributed by atoms with van der Waals surface area (Å²) in [4.78, 5) is 18.4. The first-order chi connectivity index (χ1) is 15.2. The molecule has 0 spiro atoms. The number of amides is 1. The fourth-order valence-electron chi connectivity index (χ4n) is 3.92. The number of likely N-dealkylation sites (tertiary alicyclic amines) is 1. The number of aromatic nitrogens is 1. The maximum absolute atomic E-state index is 13.6. The summed E-state index contributed by atoms with van der Waals surface area (Å²) in [6, 6.07) is 5.89. The Kier molecular flexibility index (Phi) is 6.29. The maximum atomic E-state index is 13.6. The van der Waals surface area contributed by atoms with E-state index in [9.17, 15) is 9.18 Å². The predicted molar refractivity (Wildman–Crippen MR) is 120 cm³/mol. The van der Waals surface area contributed by atoms with E-state index in [1.54, 1.807) is 23.2 Å². The summed E-state index contributed by atoms with van der Waals surface area (Å²) in [7, 11) is 0. The number of carbonyl (C=O) groups is 1. The van der Waals surface area contributed by atoms with Crippen molar-refractivity contribution in [1.82, 2.24) is 9.88 Å². The standard InChI is InChI=1S/C24H26ClFN2O4/c1-24(2,3)32-23(29)28-10-7-15(8-11-28)18-13-27-9-6-20(18)30-14-16-4-5-19(25)17-12-21(26)31-22(16)17/h4-6,9,12-13,15H,7-8,10-11,14H2,1-3H3. The summed E-state index contributed by atoms with van der Waals surface area (Å²) >= 11 is 6.14. The molecule has 1 saturated heterocycles. The molecule has 2 aromatic heterocycles. The third kappa shape index (κ3) is 4.99. The van der Waals surface area contributed by atoms with Gasteiger partial charge in [-0.3, -0.25) is 4.98 Å². The molecule has 1 aliphatic heterocycles. The summed E-state index contributed by atoms with van der Waals surface area (Å²) in [6.07, 6.45) is 4.79. The molecule has 4 rings (SSSR count). The number of halogens is 2. The number of pyridine rings is 1. The van der Waals surface area contributed by atoms with E-state index in [1.807, 2.05) is 33.0 Å². The highest BCUT2D eigenvalue weighted by atomic mass is 35.5. The van der Waals surface area contributed by atoms with Gasteiger partial charge in [-0.1, -0.05) is 17.7 Å². The monoisotopic (exact) mass is 460 g/mol. The normalized spacial score (nSPS) is 15.2. The van der Waals surface area contributed by atoms with Gasteiger partial charge in [0.25, 0.3) is 6.01 Å². The molecule has 3 heterocycles. The zero-order chi connectivity index (χ0) is 22.9. The lowest BCUT2D eigenvalue weighted by Gasteiger charge is -2.33. The van der Waals surface area contributed by atoms with E-state index >= 15 is 0 Å². The van der Waals surface area contributed by atoms with Crippen molar-refractivity contribution >= 4 is 28.7 Å². The SMILES string of the molecule is CC(C)(C)OC(=O)N1CCC(c2cnccc2OCc2ccc(Cl)c3cc(F)oc23)CC1. The van der Waals surface area contributed by atoms with Crippen LogP contribution in [-0.4, -0.2) is 34.7 Å². The van der Waals surface area contributed by atoms with Crippen LogP contribution in [-0.2, 0) is 11.3 Å². The summed E-state index contributed by atoms with van der Waals surface area (Å²) in [5.41, 5.74) is 1.57. The van der Waals surface area contributed by atoms with Crippen molar-refractivity contribution in [3.05, 3.63) is 58.8 Å². The number of rotatable bonds is 4. The second kappa shape index (κ2) is 8.98. The lowest BCUT2D eigenvalue weighted by atomic mass is 9.90. The van der Waals surface area contributed by atoms with Gasteiger partial charge >= 0.3 is 6.09 Å². The minimum absolute atomic E-state index is 0.203. The average molecular weight is 461 g/mol. The first-order valence-corrected chi connectivity index (χ1v) is 11.0. The van der Waals surface area contributed by atoms with Crippen LogP contribution in [0, 0.1) is 6.01 Å². The molecule has 0 aliphatic carbocycles. The van der Waals surface area contributed by atoms with Crippen molar-refractivity contribution in [1.29, 1.82) is 0 Å². The number of fused-ring (bicyclic) bond motifs is 1. The molecular weight excluding hydrogens is 435 g/mol. The first kappa shape index (κ1) is 22.4. The molecule has 0 bridgehead atoms. The number of hydrogen-bond donors (Lipinski definition) is 0. The van der Waals surface area contributed by atoms with Gasteiger partial charge in [0.1, 0.15) is 23.5 Å². The highest BCUT2D eigenvalue weighted by Crippen LogP contribution is 2.35. The van der Waals surface area contributed by atoms with Crippen molar-refractivity contribution in [2.45, 2.75) is 51.7 Å². The lowest BCUT2D eigenvalue weighted by Crippen LogP contribution is -2.41. The number of furan rings is 1. The minimum Gasteiger partial charge on any atom is -0.488 e. The fourth-order valence-corrected chi connectivity index (χ4v) is 4.12. The molecule has 0 saturated carbocycles. The van der Waals surface area contributed by atoms with E-state index in [2.05, 4.69) is 4.98 Å². The Hall–Kier alpha value is -2.80. The number of hydrogen-bond acceptors (Lipinski definition) is 5. The Morgan fingerprint density at radius 2 is 2.03 bits per heavy atom. The quantitative estimate of drug-likeness (QED) is 0.456. The van der Waals surface area contributed by atoms with Gasteiger partial charge in [-0.15, -0.1) is 0 Å². The van der Waals surface area contributed by atoms with Gasteiger partial charge in [0.15, 0.2) is 0 Å². The summed E-state index contributed by atoms with van der Waals surface area (Å²) in [5.74, 6) is 0.925. The number of piperidine rings is 1. The fraction of sp³-hybridized carbons (Fsp3) is 0.417. The Bertz CT molecular complexity index is 1120. The topological polar surface area (TPSA) is 64.8 Å². The van der Waals surface area contributed by atoms with Gasteiger partial charge < -0.3 is 18.8 Å². The zero-order valence-electron chi connectivity index (χ0n) is 18.4. The van der Waals surface area contributed by atoms with Crippen LogP contribution < -0.4 is 4.74 Å². The number of nitrogens with zero attached hydrogens (tertiary/aromatic N) is 2. The van der Waals surface area contributed by atoms with E-state index in [0.29, 0.717) is 40.4 Å². The Morgan fingerprint density at radius 1 is 1.28 bits per heavy atom. The number of ether oxygens (including phenoxy) is 2. The first-order valence-electron chi connectivity index (χ1n) is 10.6. The van der Waals surface area contributed by atoms with Crippen molar-refractivity contribution in [2.75, 3.05) is 13.1 Å². The van der Waals surface area contributed by atoms with Crippen LogP contribution in [0.25, 0.3) is 11.0 Å². The Morgan fingerprint density at radius 3 is 2.75 bits per heavy atom. The number of carbonyl (C=O) groups excluding carboxylic acids is 1. The minimum atomic E-state index is -0.685. The zero-order valence-corrected chi connectivity index (χ0v) is 19.1. The molecule has 1 aliphatic rings. The lowest BCUT2D eigenvalue weighted by molar-refractivity contribution is 0.0204. The number of benzene rings is 1. The molecule has 0 N–H and O–H groups in total. The smallest absolute Gasteiger partial charge is 0.410 e. The highest BCUT2D eigenvalue weighted by Gasteiger charge is 2.29. The average Bonchev–Trinajstić information content (AvgIpc) is 3.15.